The Bertz CT molecular complexity index is 1610. The average molecular weight is 493 g/mol. The first kappa shape index (κ1) is 21.6. The summed E-state index contributed by atoms with van der Waals surface area (Å²) < 4.78 is 5.33. The minimum absolute atomic E-state index is 0.133. The zero-order valence-corrected chi connectivity index (χ0v) is 21.4. The molecule has 6 nitrogen and oxygen atoms in total. The summed E-state index contributed by atoms with van der Waals surface area (Å²) in [6.07, 6.45) is 5.15. The number of ether oxygens (including phenoxy) is 1. The van der Waals surface area contributed by atoms with Crippen LogP contribution in [-0.4, -0.2) is 52.5 Å². The van der Waals surface area contributed by atoms with Crippen molar-refractivity contribution < 1.29 is 9.53 Å². The monoisotopic (exact) mass is 492 g/mol. The van der Waals surface area contributed by atoms with E-state index in [1.165, 1.54) is 51.4 Å². The Morgan fingerprint density at radius 3 is 2.46 bits per heavy atom. The van der Waals surface area contributed by atoms with Crippen LogP contribution in [0.15, 0.2) is 60.3 Å². The topological polar surface area (TPSA) is 64.4 Å². The number of carbonyl (C=O) groups excluding carboxylic acids is 1. The Hall–Kier alpha value is -3.51. The maximum absolute atomic E-state index is 13.1. The van der Waals surface area contributed by atoms with Gasteiger partial charge < -0.3 is 19.6 Å². The lowest BCUT2D eigenvalue weighted by Crippen LogP contribution is -2.61. The summed E-state index contributed by atoms with van der Waals surface area (Å²) in [5.74, 6) is 0.229. The quantitative estimate of drug-likeness (QED) is 0.366. The number of benzene rings is 2. The van der Waals surface area contributed by atoms with Gasteiger partial charge in [0.15, 0.2) is 0 Å². The van der Waals surface area contributed by atoms with Crippen LogP contribution in [0.3, 0.4) is 0 Å². The molecule has 2 N–H and O–H groups in total. The number of fused-ring (bicyclic) bond motifs is 12. The van der Waals surface area contributed by atoms with E-state index in [9.17, 15) is 4.79 Å². The Labute approximate surface area is 216 Å². The number of esters is 1. The standard InChI is InChI=1S/C31H32N4O2/c1-31-24-15-27-28-20(18-7-3-5-9-25(18)32-28)11-13-34(27)16-22(24)23(30(36)37-2)17-35(31)14-12-21-19-8-4-6-10-26(19)33-29(21)31/h3-10,17,22,24,27,32-33H,11-16H2,1-2H3/t22-,24+,27-,31-/m1/s1. The van der Waals surface area contributed by atoms with Crippen molar-refractivity contribution in [3.63, 3.8) is 0 Å². The fraction of sp³-hybridized carbons (Fsp3) is 0.387. The van der Waals surface area contributed by atoms with Crippen molar-refractivity contribution in [3.8, 4) is 0 Å². The van der Waals surface area contributed by atoms with Crippen molar-refractivity contribution in [2.75, 3.05) is 26.7 Å². The van der Waals surface area contributed by atoms with Crippen LogP contribution in [0.2, 0.25) is 0 Å². The molecule has 0 bridgehead atoms. The van der Waals surface area contributed by atoms with Gasteiger partial charge >= 0.3 is 5.97 Å². The van der Waals surface area contributed by atoms with Crippen LogP contribution in [0.4, 0.5) is 0 Å². The first-order valence-corrected chi connectivity index (χ1v) is 13.6. The zero-order chi connectivity index (χ0) is 24.9. The van der Waals surface area contributed by atoms with Crippen molar-refractivity contribution >= 4 is 27.8 Å². The third-order valence-corrected chi connectivity index (χ3v) is 10.0. The number of hydrogen-bond acceptors (Lipinski definition) is 4. The molecule has 6 heteroatoms. The van der Waals surface area contributed by atoms with E-state index < -0.39 is 0 Å². The van der Waals surface area contributed by atoms with Gasteiger partial charge in [0.2, 0.25) is 0 Å². The molecule has 37 heavy (non-hydrogen) atoms. The molecule has 2 aromatic heterocycles. The second-order valence-corrected chi connectivity index (χ2v) is 11.5. The fourth-order valence-electron chi connectivity index (χ4n) is 8.26. The summed E-state index contributed by atoms with van der Waals surface area (Å²) in [5.41, 5.74) is 8.70. The summed E-state index contributed by atoms with van der Waals surface area (Å²) in [5, 5.41) is 2.70. The zero-order valence-electron chi connectivity index (χ0n) is 21.4. The van der Waals surface area contributed by atoms with E-state index in [0.29, 0.717) is 6.04 Å². The molecule has 4 aliphatic heterocycles. The van der Waals surface area contributed by atoms with Crippen molar-refractivity contribution in [2.24, 2.45) is 11.8 Å². The van der Waals surface area contributed by atoms with E-state index in [2.05, 4.69) is 81.4 Å². The highest BCUT2D eigenvalue weighted by molar-refractivity contribution is 5.90. The minimum atomic E-state index is -0.218. The van der Waals surface area contributed by atoms with Crippen molar-refractivity contribution in [2.45, 2.75) is 37.8 Å². The van der Waals surface area contributed by atoms with Crippen LogP contribution in [0.5, 0.6) is 0 Å². The maximum Gasteiger partial charge on any atom is 0.335 e. The van der Waals surface area contributed by atoms with Gasteiger partial charge in [0, 0.05) is 64.9 Å². The number of hydrogen-bond donors (Lipinski definition) is 2. The molecule has 4 atom stereocenters. The fourth-order valence-corrected chi connectivity index (χ4v) is 8.26. The summed E-state index contributed by atoms with van der Waals surface area (Å²) in [6, 6.07) is 17.7. The summed E-state index contributed by atoms with van der Waals surface area (Å²) in [6.45, 7) is 5.22. The van der Waals surface area contributed by atoms with Gasteiger partial charge in [-0.05, 0) is 55.4 Å². The highest BCUT2D eigenvalue weighted by Crippen LogP contribution is 2.56. The molecule has 4 aromatic rings. The molecule has 0 amide bonds. The first-order chi connectivity index (χ1) is 18.1. The predicted octanol–water partition coefficient (Wildman–Crippen LogP) is 5.03. The van der Waals surface area contributed by atoms with E-state index in [1.54, 1.807) is 0 Å². The van der Waals surface area contributed by atoms with Crippen LogP contribution in [0.1, 0.15) is 41.9 Å². The number of para-hydroxylation sites is 2. The van der Waals surface area contributed by atoms with Crippen LogP contribution in [-0.2, 0) is 27.9 Å². The van der Waals surface area contributed by atoms with Crippen LogP contribution in [0, 0.1) is 11.8 Å². The SMILES string of the molecule is COC(=O)C1=CN2CCc3c([nH]c4ccccc34)[C@@]2(C)[C@H]2C[C@@H]3c4[nH]c5ccccc5c4CCN3C[C@H]12. The number of aromatic nitrogens is 2. The number of aromatic amines is 2. The van der Waals surface area contributed by atoms with Crippen molar-refractivity contribution in [3.05, 3.63) is 82.8 Å². The van der Waals surface area contributed by atoms with E-state index in [1.807, 2.05) is 0 Å². The van der Waals surface area contributed by atoms with Gasteiger partial charge in [0.05, 0.1) is 24.3 Å². The molecular weight excluding hydrogens is 460 g/mol. The Morgan fingerprint density at radius 2 is 1.68 bits per heavy atom. The van der Waals surface area contributed by atoms with E-state index >= 15 is 0 Å². The maximum atomic E-state index is 13.1. The lowest BCUT2D eigenvalue weighted by molar-refractivity contribution is -0.139. The number of H-pyrrole nitrogens is 2. The molecule has 188 valence electrons. The molecule has 8 rings (SSSR count). The largest absolute Gasteiger partial charge is 0.466 e. The second kappa shape index (κ2) is 7.51. The van der Waals surface area contributed by atoms with Crippen LogP contribution < -0.4 is 0 Å². The van der Waals surface area contributed by atoms with E-state index in [4.69, 9.17) is 4.74 Å². The highest BCUT2D eigenvalue weighted by atomic mass is 16.5. The first-order valence-electron chi connectivity index (χ1n) is 13.6. The number of nitrogens with one attached hydrogen (secondary N) is 2. The molecule has 0 unspecified atom stereocenters. The number of carbonyl (C=O) groups is 1. The summed E-state index contributed by atoms with van der Waals surface area (Å²) >= 11 is 0. The van der Waals surface area contributed by atoms with Gasteiger partial charge in [0.25, 0.3) is 0 Å². The summed E-state index contributed by atoms with van der Waals surface area (Å²) in [7, 11) is 1.52. The van der Waals surface area contributed by atoms with Gasteiger partial charge in [-0.25, -0.2) is 4.79 Å². The third-order valence-electron chi connectivity index (χ3n) is 10.0. The van der Waals surface area contributed by atoms with Gasteiger partial charge in [-0.3, -0.25) is 4.90 Å². The Kier molecular flexibility index (Phi) is 4.38. The van der Waals surface area contributed by atoms with E-state index in [-0.39, 0.29) is 23.3 Å². The Morgan fingerprint density at radius 1 is 0.973 bits per heavy atom. The summed E-state index contributed by atoms with van der Waals surface area (Å²) in [4.78, 5) is 25.8. The van der Waals surface area contributed by atoms with E-state index in [0.717, 1.165) is 44.5 Å². The van der Waals surface area contributed by atoms with Crippen molar-refractivity contribution in [1.82, 2.24) is 19.8 Å². The lowest BCUT2D eigenvalue weighted by Gasteiger charge is -2.59. The highest BCUT2D eigenvalue weighted by Gasteiger charge is 2.56. The number of nitrogens with zero attached hydrogens (tertiary/aromatic N) is 2. The smallest absolute Gasteiger partial charge is 0.335 e. The minimum Gasteiger partial charge on any atom is -0.466 e. The molecule has 0 radical (unpaired) electrons. The molecule has 6 heterocycles. The van der Waals surface area contributed by atoms with Crippen molar-refractivity contribution in [1.29, 1.82) is 0 Å². The molecule has 0 spiro atoms. The van der Waals surface area contributed by atoms with Gasteiger partial charge in [0.1, 0.15) is 0 Å². The predicted molar refractivity (Wildman–Crippen MR) is 144 cm³/mol. The van der Waals surface area contributed by atoms with Crippen LogP contribution in [0.25, 0.3) is 21.8 Å². The number of methoxy groups -OCH3 is 1. The van der Waals surface area contributed by atoms with Gasteiger partial charge in [-0.2, -0.15) is 0 Å². The molecule has 2 aromatic carbocycles. The van der Waals surface area contributed by atoms with Crippen LogP contribution >= 0.6 is 0 Å². The molecule has 0 saturated carbocycles. The average Bonchev–Trinajstić information content (AvgIpc) is 3.51. The molecule has 0 aliphatic carbocycles. The molecule has 1 fully saturated rings. The number of rotatable bonds is 1. The molecule has 1 saturated heterocycles. The third kappa shape index (κ3) is 2.77. The molecular formula is C31H32N4O2. The van der Waals surface area contributed by atoms with Gasteiger partial charge in [-0.1, -0.05) is 36.4 Å². The lowest BCUT2D eigenvalue weighted by atomic mass is 9.62. The molecule has 4 aliphatic rings. The van der Waals surface area contributed by atoms with Gasteiger partial charge in [-0.15, -0.1) is 0 Å². The normalized spacial score (nSPS) is 28.6. The Balaban J connectivity index is 1.30. The second-order valence-electron chi connectivity index (χ2n) is 11.5. The number of piperidine rings is 1.